The maximum absolute atomic E-state index is 5.77. The summed E-state index contributed by atoms with van der Waals surface area (Å²) >= 11 is 5.77. The van der Waals surface area contributed by atoms with Gasteiger partial charge in [-0.1, -0.05) is 19.1 Å². The van der Waals surface area contributed by atoms with Gasteiger partial charge >= 0.3 is 0 Å². The number of ether oxygens (including phenoxy) is 1. The zero-order valence-electron chi connectivity index (χ0n) is 8.59. The number of rotatable bonds is 6. The van der Waals surface area contributed by atoms with Crippen LogP contribution in [0.5, 0.6) is 0 Å². The molecular formula is C10H17BClO. The van der Waals surface area contributed by atoms with Crippen molar-refractivity contribution in [3.05, 3.63) is 23.1 Å². The van der Waals surface area contributed by atoms with Crippen molar-refractivity contribution in [1.29, 1.82) is 0 Å². The van der Waals surface area contributed by atoms with Crippen LogP contribution in [0, 0.1) is 5.92 Å². The Labute approximate surface area is 87.0 Å². The molecule has 13 heavy (non-hydrogen) atoms. The van der Waals surface area contributed by atoms with Gasteiger partial charge in [0.15, 0.2) is 7.28 Å². The van der Waals surface area contributed by atoms with Gasteiger partial charge in [0, 0.05) is 13.7 Å². The molecule has 0 aromatic carbocycles. The second kappa shape index (κ2) is 8.40. The Balaban J connectivity index is 3.51. The minimum Gasteiger partial charge on any atom is -0.384 e. The van der Waals surface area contributed by atoms with Gasteiger partial charge in [0.25, 0.3) is 0 Å². The van der Waals surface area contributed by atoms with Gasteiger partial charge in [0.2, 0.25) is 0 Å². The summed E-state index contributed by atoms with van der Waals surface area (Å²) in [6.07, 6.45) is 5.00. The Kier molecular flexibility index (Phi) is 8.26. The van der Waals surface area contributed by atoms with Crippen LogP contribution in [0.25, 0.3) is 0 Å². The molecule has 0 rings (SSSR count). The van der Waals surface area contributed by atoms with Crippen molar-refractivity contribution in [2.24, 2.45) is 5.92 Å². The van der Waals surface area contributed by atoms with E-state index in [1.807, 2.05) is 26.3 Å². The van der Waals surface area contributed by atoms with E-state index < -0.39 is 0 Å². The van der Waals surface area contributed by atoms with E-state index in [1.54, 1.807) is 7.11 Å². The second-order valence-corrected chi connectivity index (χ2v) is 3.50. The van der Waals surface area contributed by atoms with E-state index in [-0.39, 0.29) is 0 Å². The summed E-state index contributed by atoms with van der Waals surface area (Å²) in [6, 6.07) is 0. The van der Waals surface area contributed by atoms with Crippen molar-refractivity contribution in [3.8, 4) is 0 Å². The summed E-state index contributed by atoms with van der Waals surface area (Å²) in [5.41, 5.74) is 0. The normalized spacial score (nSPS) is 14.9. The summed E-state index contributed by atoms with van der Waals surface area (Å²) in [5.74, 6) is 2.55. The lowest BCUT2D eigenvalue weighted by molar-refractivity contribution is 0.161. The van der Waals surface area contributed by atoms with E-state index in [0.29, 0.717) is 5.92 Å². The van der Waals surface area contributed by atoms with Gasteiger partial charge in [-0.2, -0.15) is 0 Å². The molecule has 0 fully saturated rings. The molecule has 0 aliphatic heterocycles. The summed E-state index contributed by atoms with van der Waals surface area (Å²) < 4.78 is 5.02. The summed E-state index contributed by atoms with van der Waals surface area (Å²) in [6.45, 7) is 4.88. The minimum absolute atomic E-state index is 0.569. The molecule has 1 radical (unpaired) electrons. The standard InChI is InChI=1S/C10H17BClO/c1-4-10(12)11-7-5-6-9(2)8-13-3/h4-5,7,9H,6,8H2,1-3H3/b7-5-,10-4+. The molecule has 0 aliphatic carbocycles. The molecule has 0 saturated carbocycles. The van der Waals surface area contributed by atoms with Crippen LogP contribution in [-0.2, 0) is 4.74 Å². The van der Waals surface area contributed by atoms with Crippen molar-refractivity contribution in [2.75, 3.05) is 13.7 Å². The second-order valence-electron chi connectivity index (χ2n) is 3.06. The average Bonchev–Trinajstić information content (AvgIpc) is 2.12. The third-order valence-electron chi connectivity index (χ3n) is 1.66. The van der Waals surface area contributed by atoms with Gasteiger partial charge in [-0.15, -0.1) is 17.6 Å². The Morgan fingerprint density at radius 1 is 1.62 bits per heavy atom. The average molecular weight is 200 g/mol. The molecule has 0 aromatic heterocycles. The lowest BCUT2D eigenvalue weighted by Crippen LogP contribution is -2.01. The lowest BCUT2D eigenvalue weighted by atomic mass is 9.77. The molecular weight excluding hydrogens is 182 g/mol. The van der Waals surface area contributed by atoms with Gasteiger partial charge in [-0.05, 0) is 24.2 Å². The van der Waals surface area contributed by atoms with Crippen molar-refractivity contribution in [1.82, 2.24) is 0 Å². The van der Waals surface area contributed by atoms with Crippen LogP contribution in [0.2, 0.25) is 0 Å². The highest BCUT2D eigenvalue weighted by atomic mass is 35.5. The molecule has 0 aromatic rings. The van der Waals surface area contributed by atoms with Crippen molar-refractivity contribution in [3.63, 3.8) is 0 Å². The van der Waals surface area contributed by atoms with Crippen LogP contribution in [0.3, 0.4) is 0 Å². The van der Waals surface area contributed by atoms with E-state index in [0.717, 1.165) is 18.0 Å². The van der Waals surface area contributed by atoms with Crippen molar-refractivity contribution < 1.29 is 4.74 Å². The molecule has 0 N–H and O–H groups in total. The zero-order chi connectivity index (χ0) is 10.1. The lowest BCUT2D eigenvalue weighted by Gasteiger charge is -2.05. The Morgan fingerprint density at radius 3 is 2.85 bits per heavy atom. The Bertz CT molecular complexity index is 178. The molecule has 0 heterocycles. The topological polar surface area (TPSA) is 9.23 Å². The summed E-state index contributed by atoms with van der Waals surface area (Å²) in [7, 11) is 3.62. The van der Waals surface area contributed by atoms with Crippen LogP contribution in [0.4, 0.5) is 0 Å². The molecule has 0 saturated heterocycles. The van der Waals surface area contributed by atoms with Crippen LogP contribution < -0.4 is 0 Å². The van der Waals surface area contributed by atoms with Crippen molar-refractivity contribution in [2.45, 2.75) is 20.3 Å². The first-order valence-corrected chi connectivity index (χ1v) is 4.89. The Morgan fingerprint density at radius 2 is 2.31 bits per heavy atom. The van der Waals surface area contributed by atoms with Gasteiger partial charge < -0.3 is 4.74 Å². The minimum atomic E-state index is 0.569. The fourth-order valence-electron chi connectivity index (χ4n) is 0.920. The van der Waals surface area contributed by atoms with E-state index in [9.17, 15) is 0 Å². The molecule has 1 nitrogen and oxygen atoms in total. The van der Waals surface area contributed by atoms with E-state index in [1.165, 1.54) is 0 Å². The molecule has 3 heteroatoms. The van der Waals surface area contributed by atoms with Crippen molar-refractivity contribution >= 4 is 18.9 Å². The third kappa shape index (κ3) is 8.13. The fraction of sp³-hybridized carbons (Fsp3) is 0.600. The van der Waals surface area contributed by atoms with Gasteiger partial charge in [-0.3, -0.25) is 0 Å². The molecule has 0 bridgehead atoms. The van der Waals surface area contributed by atoms with Crippen LogP contribution in [0.15, 0.2) is 23.1 Å². The van der Waals surface area contributed by atoms with E-state index in [4.69, 9.17) is 16.3 Å². The molecule has 1 atom stereocenters. The first kappa shape index (κ1) is 12.8. The van der Waals surface area contributed by atoms with Crippen LogP contribution in [0.1, 0.15) is 20.3 Å². The largest absolute Gasteiger partial charge is 0.384 e. The third-order valence-corrected chi connectivity index (χ3v) is 2.00. The van der Waals surface area contributed by atoms with Gasteiger partial charge in [0.05, 0.1) is 0 Å². The summed E-state index contributed by atoms with van der Waals surface area (Å²) in [4.78, 5) is 0.774. The highest BCUT2D eigenvalue weighted by Gasteiger charge is 1.96. The maximum atomic E-state index is 5.77. The number of hydrogen-bond donors (Lipinski definition) is 0. The fourth-order valence-corrected chi connectivity index (χ4v) is 0.992. The predicted molar refractivity (Wildman–Crippen MR) is 60.2 cm³/mol. The van der Waals surface area contributed by atoms with Gasteiger partial charge in [0.1, 0.15) is 0 Å². The van der Waals surface area contributed by atoms with Gasteiger partial charge in [-0.25, -0.2) is 0 Å². The smallest absolute Gasteiger partial charge is 0.196 e. The molecule has 73 valence electrons. The first-order chi connectivity index (χ1) is 6.20. The molecule has 0 spiro atoms. The predicted octanol–water partition coefficient (Wildman–Crippen LogP) is 2.98. The highest BCUT2D eigenvalue weighted by Crippen LogP contribution is 2.03. The molecule has 0 amide bonds. The number of allylic oxidation sites excluding steroid dienone is 2. The maximum Gasteiger partial charge on any atom is 0.196 e. The Hall–Kier alpha value is -0.205. The quantitative estimate of drug-likeness (QED) is 0.598. The zero-order valence-corrected chi connectivity index (χ0v) is 9.34. The SMILES string of the molecule is C/C=C(/Cl)[B]/C=C\CC(C)COC. The summed E-state index contributed by atoms with van der Waals surface area (Å²) in [5, 5.41) is 0. The number of methoxy groups -OCH3 is 1. The highest BCUT2D eigenvalue weighted by molar-refractivity contribution is 6.67. The molecule has 1 unspecified atom stereocenters. The number of halogens is 1. The van der Waals surface area contributed by atoms with Crippen LogP contribution >= 0.6 is 11.6 Å². The monoisotopic (exact) mass is 199 g/mol. The first-order valence-electron chi connectivity index (χ1n) is 4.51. The van der Waals surface area contributed by atoms with E-state index >= 15 is 0 Å². The number of hydrogen-bond acceptors (Lipinski definition) is 1. The van der Waals surface area contributed by atoms with Crippen LogP contribution in [-0.4, -0.2) is 21.0 Å². The van der Waals surface area contributed by atoms with E-state index in [2.05, 4.69) is 13.0 Å². The molecule has 0 aliphatic rings.